The Morgan fingerprint density at radius 2 is 1.64 bits per heavy atom. The molecule has 3 fully saturated rings. The third-order valence-electron chi connectivity index (χ3n) is 6.10. The molecule has 1 aromatic carbocycles. The summed E-state index contributed by atoms with van der Waals surface area (Å²) in [5.41, 5.74) is 1.45. The molecule has 2 unspecified atom stereocenters. The quantitative estimate of drug-likeness (QED) is 0.416. The summed E-state index contributed by atoms with van der Waals surface area (Å²) in [7, 11) is 1.90. The molecule has 2 saturated heterocycles. The number of nitrogens with zero attached hydrogens (tertiary/aromatic N) is 2. The second kappa shape index (κ2) is 8.71. The average Bonchev–Trinajstić information content (AvgIpc) is 2.80. The van der Waals surface area contributed by atoms with E-state index in [2.05, 4.69) is 50.9 Å². The van der Waals surface area contributed by atoms with Crippen LogP contribution < -0.4 is 10.6 Å². The maximum atomic E-state index is 4.44. The average molecular weight is 454 g/mol. The number of hydrogen-bond donors (Lipinski definition) is 2. The maximum Gasteiger partial charge on any atom is 0.191 e. The van der Waals surface area contributed by atoms with E-state index in [0.29, 0.717) is 12.1 Å². The molecule has 25 heavy (non-hydrogen) atoms. The summed E-state index contributed by atoms with van der Waals surface area (Å²) < 4.78 is 0. The Hall–Kier alpha value is -0.820. The number of hydrogen-bond acceptors (Lipinski definition) is 2. The van der Waals surface area contributed by atoms with Crippen LogP contribution in [-0.4, -0.2) is 42.1 Å². The summed E-state index contributed by atoms with van der Waals surface area (Å²) in [5.74, 6) is 1.01. The van der Waals surface area contributed by atoms with Gasteiger partial charge >= 0.3 is 0 Å². The van der Waals surface area contributed by atoms with Gasteiger partial charge in [-0.3, -0.25) is 9.89 Å². The second-order valence-corrected chi connectivity index (χ2v) is 7.70. The largest absolute Gasteiger partial charge is 0.354 e. The van der Waals surface area contributed by atoms with Gasteiger partial charge < -0.3 is 10.6 Å². The number of piperidine rings is 1. The van der Waals surface area contributed by atoms with Gasteiger partial charge in [-0.05, 0) is 50.5 Å². The number of benzene rings is 1. The molecule has 0 spiro atoms. The zero-order valence-corrected chi connectivity index (χ0v) is 17.5. The third kappa shape index (κ3) is 4.48. The highest BCUT2D eigenvalue weighted by Gasteiger charge is 2.40. The van der Waals surface area contributed by atoms with E-state index in [9.17, 15) is 0 Å². The third-order valence-corrected chi connectivity index (χ3v) is 6.10. The predicted octanol–water partition coefficient (Wildman–Crippen LogP) is 3.52. The SMILES string of the molecule is CN=C(NC1CCC1)NC1CC2CCC(C1)N2Cc1ccccc1.I. The first kappa shape index (κ1) is 19.0. The van der Waals surface area contributed by atoms with Gasteiger partial charge in [0.1, 0.15) is 0 Å². The molecule has 0 radical (unpaired) electrons. The highest BCUT2D eigenvalue weighted by Crippen LogP contribution is 2.36. The van der Waals surface area contributed by atoms with Crippen LogP contribution in [-0.2, 0) is 6.54 Å². The molecule has 4 nitrogen and oxygen atoms in total. The Balaban J connectivity index is 0.00000182. The van der Waals surface area contributed by atoms with Crippen molar-refractivity contribution in [2.45, 2.75) is 75.7 Å². The van der Waals surface area contributed by atoms with Crippen molar-refractivity contribution in [3.8, 4) is 0 Å². The lowest BCUT2D eigenvalue weighted by molar-refractivity contribution is 0.114. The van der Waals surface area contributed by atoms with Crippen LogP contribution in [0.25, 0.3) is 0 Å². The summed E-state index contributed by atoms with van der Waals surface area (Å²) >= 11 is 0. The standard InChI is InChI=1S/C20H30N4.HI/c1-21-20(22-16-8-5-9-16)23-17-12-18-10-11-19(13-17)24(18)14-15-6-3-2-4-7-15;/h2-4,6-7,16-19H,5,8-14H2,1H3,(H2,21,22,23);1H. The van der Waals surface area contributed by atoms with Crippen LogP contribution in [0.5, 0.6) is 0 Å². The van der Waals surface area contributed by atoms with Crippen molar-refractivity contribution in [3.05, 3.63) is 35.9 Å². The van der Waals surface area contributed by atoms with E-state index in [-0.39, 0.29) is 24.0 Å². The summed E-state index contributed by atoms with van der Waals surface area (Å²) in [4.78, 5) is 7.19. The van der Waals surface area contributed by atoms with Crippen molar-refractivity contribution >= 4 is 29.9 Å². The van der Waals surface area contributed by atoms with E-state index in [1.807, 2.05) is 7.05 Å². The molecule has 1 saturated carbocycles. The smallest absolute Gasteiger partial charge is 0.191 e. The van der Waals surface area contributed by atoms with E-state index in [1.165, 1.54) is 50.5 Å². The molecule has 5 heteroatoms. The van der Waals surface area contributed by atoms with E-state index in [4.69, 9.17) is 0 Å². The van der Waals surface area contributed by atoms with Gasteiger partial charge in [0.25, 0.3) is 0 Å². The monoisotopic (exact) mass is 454 g/mol. The van der Waals surface area contributed by atoms with Crippen LogP contribution in [0.2, 0.25) is 0 Å². The van der Waals surface area contributed by atoms with Crippen LogP contribution in [0.3, 0.4) is 0 Å². The second-order valence-electron chi connectivity index (χ2n) is 7.70. The molecular weight excluding hydrogens is 423 g/mol. The fraction of sp³-hybridized carbons (Fsp3) is 0.650. The van der Waals surface area contributed by atoms with Crippen LogP contribution in [0.4, 0.5) is 0 Å². The number of aliphatic imine (C=N–C) groups is 1. The molecule has 0 amide bonds. The topological polar surface area (TPSA) is 39.7 Å². The van der Waals surface area contributed by atoms with Crippen molar-refractivity contribution in [1.29, 1.82) is 0 Å². The number of halogens is 1. The summed E-state index contributed by atoms with van der Waals surface area (Å²) in [6, 6.07) is 13.6. The Morgan fingerprint density at radius 1 is 1.00 bits per heavy atom. The maximum absolute atomic E-state index is 4.44. The summed E-state index contributed by atoms with van der Waals surface area (Å²) in [6.07, 6.45) is 9.14. The van der Waals surface area contributed by atoms with Gasteiger partial charge in [-0.1, -0.05) is 30.3 Å². The summed E-state index contributed by atoms with van der Waals surface area (Å²) in [6.45, 7) is 1.11. The molecule has 0 aromatic heterocycles. The lowest BCUT2D eigenvalue weighted by Crippen LogP contribution is -2.54. The van der Waals surface area contributed by atoms with Crippen molar-refractivity contribution in [2.24, 2.45) is 4.99 Å². The predicted molar refractivity (Wildman–Crippen MR) is 115 cm³/mol. The summed E-state index contributed by atoms with van der Waals surface area (Å²) in [5, 5.41) is 7.28. The van der Waals surface area contributed by atoms with E-state index >= 15 is 0 Å². The molecule has 138 valence electrons. The molecular formula is C20H31IN4. The minimum Gasteiger partial charge on any atom is -0.354 e. The minimum atomic E-state index is 0. The molecule has 4 rings (SSSR count). The minimum absolute atomic E-state index is 0. The van der Waals surface area contributed by atoms with Gasteiger partial charge in [0.15, 0.2) is 5.96 Å². The van der Waals surface area contributed by atoms with E-state index in [1.54, 1.807) is 0 Å². The Labute approximate surface area is 168 Å². The fourth-order valence-corrected chi connectivity index (χ4v) is 4.55. The Bertz CT molecular complexity index is 558. The molecule has 2 heterocycles. The molecule has 3 aliphatic rings. The zero-order chi connectivity index (χ0) is 16.4. The van der Waals surface area contributed by atoms with Gasteiger partial charge in [0.2, 0.25) is 0 Å². The molecule has 2 aliphatic heterocycles. The highest BCUT2D eigenvalue weighted by atomic mass is 127. The molecule has 2 bridgehead atoms. The fourth-order valence-electron chi connectivity index (χ4n) is 4.55. The van der Waals surface area contributed by atoms with Crippen LogP contribution in [0, 0.1) is 0 Å². The number of nitrogens with one attached hydrogen (secondary N) is 2. The zero-order valence-electron chi connectivity index (χ0n) is 15.2. The van der Waals surface area contributed by atoms with E-state index < -0.39 is 0 Å². The van der Waals surface area contributed by atoms with Crippen LogP contribution in [0.15, 0.2) is 35.3 Å². The first-order valence-electron chi connectivity index (χ1n) is 9.61. The molecule has 1 aromatic rings. The molecule has 2 atom stereocenters. The van der Waals surface area contributed by atoms with Gasteiger partial charge in [-0.25, -0.2) is 0 Å². The Kier molecular flexibility index (Phi) is 6.61. The van der Waals surface area contributed by atoms with Crippen molar-refractivity contribution in [1.82, 2.24) is 15.5 Å². The van der Waals surface area contributed by atoms with E-state index in [0.717, 1.165) is 24.6 Å². The highest BCUT2D eigenvalue weighted by molar-refractivity contribution is 14.0. The van der Waals surface area contributed by atoms with Crippen molar-refractivity contribution in [2.75, 3.05) is 7.05 Å². The normalized spacial score (nSPS) is 29.6. The van der Waals surface area contributed by atoms with Gasteiger partial charge in [0.05, 0.1) is 0 Å². The Morgan fingerprint density at radius 3 is 2.20 bits per heavy atom. The molecule has 1 aliphatic carbocycles. The lowest BCUT2D eigenvalue weighted by atomic mass is 9.93. The first-order valence-corrected chi connectivity index (χ1v) is 9.61. The van der Waals surface area contributed by atoms with Crippen molar-refractivity contribution in [3.63, 3.8) is 0 Å². The van der Waals surface area contributed by atoms with Crippen LogP contribution >= 0.6 is 24.0 Å². The van der Waals surface area contributed by atoms with Crippen LogP contribution in [0.1, 0.15) is 50.5 Å². The first-order chi connectivity index (χ1) is 11.8. The number of fused-ring (bicyclic) bond motifs is 2. The van der Waals surface area contributed by atoms with Gasteiger partial charge in [0, 0.05) is 37.8 Å². The van der Waals surface area contributed by atoms with Gasteiger partial charge in [-0.2, -0.15) is 0 Å². The number of guanidine groups is 1. The lowest BCUT2D eigenvalue weighted by Gasteiger charge is -2.40. The van der Waals surface area contributed by atoms with Gasteiger partial charge in [-0.15, -0.1) is 24.0 Å². The number of rotatable bonds is 4. The van der Waals surface area contributed by atoms with Crippen molar-refractivity contribution < 1.29 is 0 Å². The molecule has 2 N–H and O–H groups in total.